The molecule has 1 saturated heterocycles. The molecule has 0 atom stereocenters. The van der Waals surface area contributed by atoms with Crippen LogP contribution in [0.1, 0.15) is 38.2 Å². The molecular weight excluding hydrogens is 278 g/mol. The van der Waals surface area contributed by atoms with E-state index in [2.05, 4.69) is 10.2 Å². The van der Waals surface area contributed by atoms with E-state index in [1.807, 2.05) is 25.1 Å². The van der Waals surface area contributed by atoms with E-state index in [4.69, 9.17) is 10.5 Å². The summed E-state index contributed by atoms with van der Waals surface area (Å²) in [6.45, 7) is 6.34. The van der Waals surface area contributed by atoms with Gasteiger partial charge in [0, 0.05) is 12.2 Å². The predicted octanol–water partition coefficient (Wildman–Crippen LogP) is 2.99. The van der Waals surface area contributed by atoms with Crippen LogP contribution in [0.5, 0.6) is 5.75 Å². The number of nitrogens with one attached hydrogen (secondary N) is 1. The van der Waals surface area contributed by atoms with Crippen LogP contribution in [0.3, 0.4) is 0 Å². The third kappa shape index (κ3) is 5.22. The maximum absolute atomic E-state index is 11.0. The van der Waals surface area contributed by atoms with Crippen molar-refractivity contribution >= 4 is 11.7 Å². The van der Waals surface area contributed by atoms with E-state index in [1.54, 1.807) is 0 Å². The predicted molar refractivity (Wildman–Crippen MR) is 89.4 cm³/mol. The molecule has 5 nitrogen and oxygen atoms in total. The number of nitrogens with zero attached hydrogens (tertiary/aromatic N) is 1. The molecule has 1 aromatic rings. The summed E-state index contributed by atoms with van der Waals surface area (Å²) < 4.78 is 5.83. The molecular formula is C17H27N3O2. The van der Waals surface area contributed by atoms with Crippen molar-refractivity contribution in [3.05, 3.63) is 23.8 Å². The molecule has 0 aromatic heterocycles. The quantitative estimate of drug-likeness (QED) is 0.761. The van der Waals surface area contributed by atoms with Crippen LogP contribution in [0.25, 0.3) is 0 Å². The van der Waals surface area contributed by atoms with Crippen LogP contribution in [0.15, 0.2) is 18.2 Å². The van der Waals surface area contributed by atoms with Gasteiger partial charge in [-0.3, -0.25) is 0 Å². The highest BCUT2D eigenvalue weighted by Gasteiger charge is 2.09. The van der Waals surface area contributed by atoms with Gasteiger partial charge in [0.1, 0.15) is 5.75 Å². The highest BCUT2D eigenvalue weighted by Crippen LogP contribution is 2.23. The lowest BCUT2D eigenvalue weighted by atomic mass is 10.1. The van der Waals surface area contributed by atoms with Crippen molar-refractivity contribution in [3.8, 4) is 5.75 Å². The van der Waals surface area contributed by atoms with Gasteiger partial charge in [0.2, 0.25) is 0 Å². The molecule has 0 spiro atoms. The molecule has 1 aromatic carbocycles. The second-order valence-corrected chi connectivity index (χ2v) is 5.77. The average molecular weight is 305 g/mol. The van der Waals surface area contributed by atoms with Crippen LogP contribution in [0.4, 0.5) is 10.5 Å². The molecule has 0 unspecified atom stereocenters. The average Bonchev–Trinajstić information content (AvgIpc) is 2.53. The molecule has 0 saturated carbocycles. The number of urea groups is 1. The number of hydrogen-bond acceptors (Lipinski definition) is 3. The van der Waals surface area contributed by atoms with Crippen LogP contribution in [-0.2, 0) is 6.42 Å². The van der Waals surface area contributed by atoms with E-state index in [0.717, 1.165) is 43.0 Å². The minimum Gasteiger partial charge on any atom is -0.494 e. The molecule has 2 rings (SSSR count). The number of primary amides is 1. The van der Waals surface area contributed by atoms with Crippen molar-refractivity contribution in [3.63, 3.8) is 0 Å². The fourth-order valence-corrected chi connectivity index (χ4v) is 2.87. The van der Waals surface area contributed by atoms with E-state index in [1.165, 1.54) is 32.4 Å². The van der Waals surface area contributed by atoms with Gasteiger partial charge in [0.15, 0.2) is 0 Å². The largest absolute Gasteiger partial charge is 0.494 e. The standard InChI is InChI=1S/C17H27N3O2/c1-2-14-13-15(7-8-16(14)19-17(18)21)22-12-6-11-20-9-4-3-5-10-20/h7-8,13H,2-6,9-12H2,1H3,(H3,18,19,21). The van der Waals surface area contributed by atoms with Crippen LogP contribution >= 0.6 is 0 Å². The number of carbonyl (C=O) groups is 1. The summed E-state index contributed by atoms with van der Waals surface area (Å²) in [5, 5.41) is 2.64. The van der Waals surface area contributed by atoms with Gasteiger partial charge in [0.05, 0.1) is 6.61 Å². The fraction of sp³-hybridized carbons (Fsp3) is 0.588. The summed E-state index contributed by atoms with van der Waals surface area (Å²) in [5.74, 6) is 0.852. The third-order valence-electron chi connectivity index (χ3n) is 4.05. The number of benzene rings is 1. The topological polar surface area (TPSA) is 67.6 Å². The van der Waals surface area contributed by atoms with Crippen LogP contribution in [0.2, 0.25) is 0 Å². The summed E-state index contributed by atoms with van der Waals surface area (Å²) in [6.07, 6.45) is 5.89. The Labute approximate surface area is 132 Å². The number of aryl methyl sites for hydroxylation is 1. The van der Waals surface area contributed by atoms with E-state index in [9.17, 15) is 4.79 Å². The second-order valence-electron chi connectivity index (χ2n) is 5.77. The monoisotopic (exact) mass is 305 g/mol. The summed E-state index contributed by atoms with van der Waals surface area (Å²) >= 11 is 0. The number of anilines is 1. The molecule has 5 heteroatoms. The summed E-state index contributed by atoms with van der Waals surface area (Å²) in [6, 6.07) is 5.17. The minimum absolute atomic E-state index is 0.537. The number of ether oxygens (including phenoxy) is 1. The smallest absolute Gasteiger partial charge is 0.316 e. The molecule has 122 valence electrons. The van der Waals surface area contributed by atoms with Crippen LogP contribution < -0.4 is 15.8 Å². The zero-order valence-electron chi connectivity index (χ0n) is 13.4. The molecule has 1 aliphatic heterocycles. The Bertz CT molecular complexity index is 485. The number of hydrogen-bond donors (Lipinski definition) is 2. The van der Waals surface area contributed by atoms with Crippen molar-refractivity contribution < 1.29 is 9.53 Å². The number of likely N-dealkylation sites (tertiary alicyclic amines) is 1. The summed E-state index contributed by atoms with van der Waals surface area (Å²) in [4.78, 5) is 13.5. The molecule has 22 heavy (non-hydrogen) atoms. The van der Waals surface area contributed by atoms with Gasteiger partial charge in [-0.15, -0.1) is 0 Å². The van der Waals surface area contributed by atoms with Gasteiger partial charge in [-0.05, 0) is 62.5 Å². The maximum Gasteiger partial charge on any atom is 0.316 e. The second kappa shape index (κ2) is 8.63. The first kappa shape index (κ1) is 16.6. The molecule has 2 amide bonds. The van der Waals surface area contributed by atoms with Gasteiger partial charge in [-0.25, -0.2) is 4.79 Å². The van der Waals surface area contributed by atoms with Crippen molar-refractivity contribution in [2.24, 2.45) is 5.73 Å². The van der Waals surface area contributed by atoms with Crippen molar-refractivity contribution in [1.82, 2.24) is 4.90 Å². The zero-order valence-corrected chi connectivity index (χ0v) is 13.4. The van der Waals surface area contributed by atoms with E-state index < -0.39 is 6.03 Å². The molecule has 1 aliphatic rings. The van der Waals surface area contributed by atoms with Gasteiger partial charge in [-0.2, -0.15) is 0 Å². The van der Waals surface area contributed by atoms with Crippen molar-refractivity contribution in [2.75, 3.05) is 31.6 Å². The Morgan fingerprint density at radius 2 is 2.09 bits per heavy atom. The zero-order chi connectivity index (χ0) is 15.8. The van der Waals surface area contributed by atoms with Gasteiger partial charge in [0.25, 0.3) is 0 Å². The van der Waals surface area contributed by atoms with Gasteiger partial charge < -0.3 is 20.7 Å². The Balaban J connectivity index is 1.78. The molecule has 3 N–H and O–H groups in total. The first-order valence-corrected chi connectivity index (χ1v) is 8.23. The number of piperidine rings is 1. The lowest BCUT2D eigenvalue weighted by molar-refractivity contribution is 0.205. The number of carbonyl (C=O) groups excluding carboxylic acids is 1. The lowest BCUT2D eigenvalue weighted by Crippen LogP contribution is -2.31. The molecule has 1 heterocycles. The molecule has 0 aliphatic carbocycles. The number of nitrogens with two attached hydrogens (primary N) is 1. The number of amides is 2. The van der Waals surface area contributed by atoms with E-state index >= 15 is 0 Å². The van der Waals surface area contributed by atoms with Crippen LogP contribution in [0, 0.1) is 0 Å². The van der Waals surface area contributed by atoms with Crippen molar-refractivity contribution in [1.29, 1.82) is 0 Å². The number of rotatable bonds is 7. The first-order valence-electron chi connectivity index (χ1n) is 8.23. The van der Waals surface area contributed by atoms with Gasteiger partial charge in [-0.1, -0.05) is 13.3 Å². The Morgan fingerprint density at radius 1 is 1.32 bits per heavy atom. The Morgan fingerprint density at radius 3 is 2.77 bits per heavy atom. The van der Waals surface area contributed by atoms with E-state index in [-0.39, 0.29) is 0 Å². The molecule has 0 bridgehead atoms. The van der Waals surface area contributed by atoms with Crippen molar-refractivity contribution in [2.45, 2.75) is 39.0 Å². The summed E-state index contributed by atoms with van der Waals surface area (Å²) in [5.41, 5.74) is 6.96. The highest BCUT2D eigenvalue weighted by atomic mass is 16.5. The minimum atomic E-state index is -0.537. The SMILES string of the molecule is CCc1cc(OCCCN2CCCCC2)ccc1NC(N)=O. The fourth-order valence-electron chi connectivity index (χ4n) is 2.87. The maximum atomic E-state index is 11.0. The third-order valence-corrected chi connectivity index (χ3v) is 4.05. The summed E-state index contributed by atoms with van der Waals surface area (Å²) in [7, 11) is 0. The van der Waals surface area contributed by atoms with Gasteiger partial charge >= 0.3 is 6.03 Å². The van der Waals surface area contributed by atoms with Crippen LogP contribution in [-0.4, -0.2) is 37.2 Å². The Kier molecular flexibility index (Phi) is 6.52. The molecule has 1 fully saturated rings. The molecule has 0 radical (unpaired) electrons. The Hall–Kier alpha value is -1.75. The van der Waals surface area contributed by atoms with E-state index in [0.29, 0.717) is 0 Å². The highest BCUT2D eigenvalue weighted by molar-refractivity contribution is 5.88. The first-order chi connectivity index (χ1) is 10.7. The lowest BCUT2D eigenvalue weighted by Gasteiger charge is -2.26. The normalized spacial score (nSPS) is 15.5.